The molecule has 0 aliphatic heterocycles. The summed E-state index contributed by atoms with van der Waals surface area (Å²) in [6.45, 7) is 4.40. The van der Waals surface area contributed by atoms with Crippen molar-refractivity contribution in [2.75, 3.05) is 20.2 Å². The zero-order valence-electron chi connectivity index (χ0n) is 19.9. The molecule has 0 spiro atoms. The van der Waals surface area contributed by atoms with Crippen LogP contribution in [-0.4, -0.2) is 40.7 Å². The lowest BCUT2D eigenvalue weighted by molar-refractivity contribution is -0.143. The van der Waals surface area contributed by atoms with Crippen molar-refractivity contribution in [3.63, 3.8) is 0 Å². The highest BCUT2D eigenvalue weighted by atomic mass is 35.5. The van der Waals surface area contributed by atoms with E-state index in [-0.39, 0.29) is 47.1 Å². The lowest BCUT2D eigenvalue weighted by atomic mass is 9.94. The molecule has 0 fully saturated rings. The van der Waals surface area contributed by atoms with Crippen LogP contribution in [0.1, 0.15) is 41.2 Å². The Morgan fingerprint density at radius 1 is 1.11 bits per heavy atom. The quantitative estimate of drug-likeness (QED) is 0.373. The van der Waals surface area contributed by atoms with Crippen LogP contribution in [0.4, 0.5) is 17.6 Å². The Morgan fingerprint density at radius 2 is 1.74 bits per heavy atom. The van der Waals surface area contributed by atoms with Crippen molar-refractivity contribution in [2.24, 2.45) is 5.41 Å². The minimum absolute atomic E-state index is 0.0116. The van der Waals surface area contributed by atoms with Crippen LogP contribution in [-0.2, 0) is 12.7 Å². The fraction of sp³-hybridized carbons (Fsp3) is 0.346. The van der Waals surface area contributed by atoms with Crippen molar-refractivity contribution in [1.82, 2.24) is 9.47 Å². The smallest absolute Gasteiger partial charge is 0.396 e. The van der Waals surface area contributed by atoms with Gasteiger partial charge in [0.25, 0.3) is 5.91 Å². The lowest BCUT2D eigenvalue weighted by Gasteiger charge is -2.29. The Bertz CT molecular complexity index is 1220. The van der Waals surface area contributed by atoms with Gasteiger partial charge in [-0.3, -0.25) is 4.79 Å². The normalized spacial score (nSPS) is 12.2. The van der Waals surface area contributed by atoms with Crippen molar-refractivity contribution in [2.45, 2.75) is 33.5 Å². The third kappa shape index (κ3) is 5.70. The fourth-order valence-electron chi connectivity index (χ4n) is 4.21. The zero-order chi connectivity index (χ0) is 26.1. The molecule has 9 heteroatoms. The maximum absolute atomic E-state index is 14.4. The molecule has 2 aromatic carbocycles. The van der Waals surface area contributed by atoms with E-state index in [9.17, 15) is 27.5 Å². The lowest BCUT2D eigenvalue weighted by Crippen LogP contribution is -2.39. The van der Waals surface area contributed by atoms with Gasteiger partial charge in [-0.05, 0) is 35.7 Å². The van der Waals surface area contributed by atoms with Gasteiger partial charge in [-0.25, -0.2) is 4.39 Å². The highest BCUT2D eigenvalue weighted by Gasteiger charge is 2.42. The van der Waals surface area contributed by atoms with Gasteiger partial charge in [-0.15, -0.1) is 0 Å². The molecule has 0 bridgehead atoms. The van der Waals surface area contributed by atoms with Crippen LogP contribution in [0, 0.1) is 18.2 Å². The van der Waals surface area contributed by atoms with Crippen molar-refractivity contribution < 1.29 is 27.5 Å². The molecule has 0 aliphatic rings. The Labute approximate surface area is 206 Å². The van der Waals surface area contributed by atoms with E-state index in [1.165, 1.54) is 31.0 Å². The van der Waals surface area contributed by atoms with Crippen LogP contribution < -0.4 is 0 Å². The molecule has 3 aromatic rings. The van der Waals surface area contributed by atoms with Gasteiger partial charge in [0.2, 0.25) is 0 Å². The van der Waals surface area contributed by atoms with Crippen LogP contribution in [0.2, 0.25) is 5.02 Å². The summed E-state index contributed by atoms with van der Waals surface area (Å²) >= 11 is 5.81. The molecule has 1 heterocycles. The molecule has 0 saturated carbocycles. The number of halogens is 5. The van der Waals surface area contributed by atoms with Gasteiger partial charge in [-0.1, -0.05) is 61.8 Å². The Balaban J connectivity index is 2.33. The standard InChI is InChI=1S/C26H27ClF4N2O2/c1-16-21(18-10-11-19(27)20(28)12-18)22(24(35)32(4)14-25(2,3)15-34)33(23(16)26(29,30)31)13-17-8-6-5-7-9-17/h5-12,34H,13-15H2,1-4H3. The van der Waals surface area contributed by atoms with Gasteiger partial charge in [0, 0.05) is 37.7 Å². The molecule has 188 valence electrons. The monoisotopic (exact) mass is 510 g/mol. The number of aliphatic hydroxyl groups excluding tert-OH is 1. The first kappa shape index (κ1) is 26.8. The second-order valence-corrected chi connectivity index (χ2v) is 9.79. The molecule has 0 atom stereocenters. The maximum Gasteiger partial charge on any atom is 0.431 e. The summed E-state index contributed by atoms with van der Waals surface area (Å²) < 4.78 is 58.5. The third-order valence-electron chi connectivity index (χ3n) is 5.81. The number of aliphatic hydroxyl groups is 1. The van der Waals surface area contributed by atoms with Gasteiger partial charge >= 0.3 is 6.18 Å². The Hall–Kier alpha value is -2.84. The third-order valence-corrected chi connectivity index (χ3v) is 6.12. The van der Waals surface area contributed by atoms with Crippen molar-refractivity contribution in [1.29, 1.82) is 0 Å². The molecular formula is C26H27ClF4N2O2. The van der Waals surface area contributed by atoms with Crippen LogP contribution in [0.15, 0.2) is 48.5 Å². The van der Waals surface area contributed by atoms with E-state index in [0.717, 1.165) is 10.6 Å². The van der Waals surface area contributed by atoms with Crippen LogP contribution in [0.5, 0.6) is 0 Å². The van der Waals surface area contributed by atoms with E-state index in [1.807, 2.05) is 0 Å². The predicted molar refractivity (Wildman–Crippen MR) is 128 cm³/mol. The number of hydrogen-bond acceptors (Lipinski definition) is 2. The largest absolute Gasteiger partial charge is 0.431 e. The average molecular weight is 511 g/mol. The molecule has 1 amide bonds. The summed E-state index contributed by atoms with van der Waals surface area (Å²) in [6, 6.07) is 12.2. The summed E-state index contributed by atoms with van der Waals surface area (Å²) in [6.07, 6.45) is -4.78. The average Bonchev–Trinajstić information content (AvgIpc) is 3.07. The fourth-order valence-corrected chi connectivity index (χ4v) is 4.32. The maximum atomic E-state index is 14.4. The molecule has 4 nitrogen and oxygen atoms in total. The van der Waals surface area contributed by atoms with Gasteiger partial charge in [0.05, 0.1) is 5.02 Å². The van der Waals surface area contributed by atoms with Crippen LogP contribution in [0.25, 0.3) is 11.1 Å². The molecule has 35 heavy (non-hydrogen) atoms. The van der Waals surface area contributed by atoms with Gasteiger partial charge in [-0.2, -0.15) is 13.2 Å². The van der Waals surface area contributed by atoms with Crippen molar-refractivity contribution >= 4 is 17.5 Å². The molecule has 0 radical (unpaired) electrons. The number of carbonyl (C=O) groups excluding carboxylic acids is 1. The highest BCUT2D eigenvalue weighted by Crippen LogP contribution is 2.42. The Morgan fingerprint density at radius 3 is 2.29 bits per heavy atom. The van der Waals surface area contributed by atoms with Gasteiger partial charge in [0.15, 0.2) is 0 Å². The van der Waals surface area contributed by atoms with E-state index in [1.54, 1.807) is 44.2 Å². The number of nitrogens with zero attached hydrogens (tertiary/aromatic N) is 2. The SMILES string of the molecule is Cc1c(-c2ccc(Cl)c(F)c2)c(C(=O)N(C)CC(C)(C)CO)n(Cc2ccccc2)c1C(F)(F)F. The summed E-state index contributed by atoms with van der Waals surface area (Å²) in [7, 11) is 1.47. The highest BCUT2D eigenvalue weighted by molar-refractivity contribution is 6.30. The van der Waals surface area contributed by atoms with E-state index in [2.05, 4.69) is 0 Å². The molecule has 3 rings (SSSR count). The molecule has 1 N–H and O–H groups in total. The second kappa shape index (κ2) is 10.0. The summed E-state index contributed by atoms with van der Waals surface area (Å²) in [4.78, 5) is 15.0. The zero-order valence-corrected chi connectivity index (χ0v) is 20.6. The van der Waals surface area contributed by atoms with Crippen molar-refractivity contribution in [3.05, 3.63) is 81.9 Å². The number of aromatic nitrogens is 1. The number of amides is 1. The molecule has 1 aromatic heterocycles. The van der Waals surface area contributed by atoms with E-state index in [0.29, 0.717) is 5.56 Å². The molecule has 0 unspecified atom stereocenters. The number of benzene rings is 2. The van der Waals surface area contributed by atoms with Crippen molar-refractivity contribution in [3.8, 4) is 11.1 Å². The van der Waals surface area contributed by atoms with E-state index in [4.69, 9.17) is 11.6 Å². The number of alkyl halides is 3. The minimum atomic E-state index is -4.78. The molecular weight excluding hydrogens is 484 g/mol. The number of carbonyl (C=O) groups is 1. The Kier molecular flexibility index (Phi) is 7.67. The molecule has 0 saturated heterocycles. The number of hydrogen-bond donors (Lipinski definition) is 1. The first-order chi connectivity index (χ1) is 16.3. The van der Waals surface area contributed by atoms with Crippen LogP contribution >= 0.6 is 11.6 Å². The summed E-state index contributed by atoms with van der Waals surface area (Å²) in [5.41, 5.74) is -1.40. The predicted octanol–water partition coefficient (Wildman–Crippen LogP) is 6.41. The molecule has 0 aliphatic carbocycles. The van der Waals surface area contributed by atoms with E-state index >= 15 is 0 Å². The topological polar surface area (TPSA) is 45.5 Å². The first-order valence-electron chi connectivity index (χ1n) is 10.9. The summed E-state index contributed by atoms with van der Waals surface area (Å²) in [5, 5.41) is 9.46. The van der Waals surface area contributed by atoms with Gasteiger partial charge < -0.3 is 14.6 Å². The number of rotatable bonds is 7. The first-order valence-corrected chi connectivity index (χ1v) is 11.3. The summed E-state index contributed by atoms with van der Waals surface area (Å²) in [5.74, 6) is -1.48. The van der Waals surface area contributed by atoms with Crippen LogP contribution in [0.3, 0.4) is 0 Å². The van der Waals surface area contributed by atoms with E-state index < -0.39 is 29.0 Å². The second-order valence-electron chi connectivity index (χ2n) is 9.38. The van der Waals surface area contributed by atoms with Gasteiger partial charge in [0.1, 0.15) is 17.2 Å². The minimum Gasteiger partial charge on any atom is -0.396 e.